The van der Waals surface area contributed by atoms with E-state index in [2.05, 4.69) is 10.9 Å². The first-order chi connectivity index (χ1) is 7.74. The molecule has 6 heteroatoms. The quantitative estimate of drug-likeness (QED) is 0.327. The minimum atomic E-state index is -2.41. The minimum Gasteiger partial charge on any atom is -0.374 e. The lowest BCUT2D eigenvalue weighted by molar-refractivity contribution is 0.0708. The SMILES string of the molecule is CCO[Si](CCCNNC)(OCC)OCC. The monoisotopic (exact) mass is 250 g/mol. The van der Waals surface area contributed by atoms with Gasteiger partial charge in [0.2, 0.25) is 0 Å². The molecule has 0 heterocycles. The molecule has 0 aromatic carbocycles. The Labute approximate surface area is 100 Å². The number of hydrazine groups is 1. The molecule has 0 radical (unpaired) electrons. The first-order valence-corrected chi connectivity index (χ1v) is 7.99. The van der Waals surface area contributed by atoms with Crippen LogP contribution >= 0.6 is 0 Å². The van der Waals surface area contributed by atoms with Crippen LogP contribution in [0.25, 0.3) is 0 Å². The molecular weight excluding hydrogens is 224 g/mol. The molecule has 2 N–H and O–H groups in total. The predicted molar refractivity (Wildman–Crippen MR) is 67.1 cm³/mol. The van der Waals surface area contributed by atoms with E-state index in [0.717, 1.165) is 19.0 Å². The van der Waals surface area contributed by atoms with Crippen LogP contribution in [0.5, 0.6) is 0 Å². The zero-order valence-electron chi connectivity index (χ0n) is 11.0. The second-order valence-corrected chi connectivity index (χ2v) is 5.99. The van der Waals surface area contributed by atoms with E-state index in [0.29, 0.717) is 19.8 Å². The summed E-state index contributed by atoms with van der Waals surface area (Å²) >= 11 is 0. The second-order valence-electron chi connectivity index (χ2n) is 3.26. The molecule has 0 spiro atoms. The summed E-state index contributed by atoms with van der Waals surface area (Å²) in [5.41, 5.74) is 5.95. The van der Waals surface area contributed by atoms with Crippen LogP contribution in [0, 0.1) is 0 Å². The van der Waals surface area contributed by atoms with Crippen LogP contribution in [0.2, 0.25) is 6.04 Å². The third-order valence-corrected chi connectivity index (χ3v) is 5.21. The lowest BCUT2D eigenvalue weighted by Crippen LogP contribution is -2.46. The van der Waals surface area contributed by atoms with Gasteiger partial charge in [0.25, 0.3) is 0 Å². The molecule has 98 valence electrons. The van der Waals surface area contributed by atoms with Gasteiger partial charge in [-0.15, -0.1) is 0 Å². The summed E-state index contributed by atoms with van der Waals surface area (Å²) in [6.07, 6.45) is 0.979. The van der Waals surface area contributed by atoms with E-state index in [-0.39, 0.29) is 0 Å². The zero-order valence-corrected chi connectivity index (χ0v) is 12.0. The van der Waals surface area contributed by atoms with E-state index in [1.807, 2.05) is 27.8 Å². The average molecular weight is 250 g/mol. The molecule has 0 atom stereocenters. The Hall–Kier alpha value is 0.0169. The van der Waals surface area contributed by atoms with Crippen LogP contribution in [0.1, 0.15) is 27.2 Å². The highest BCUT2D eigenvalue weighted by Crippen LogP contribution is 2.17. The molecule has 0 bridgehead atoms. The van der Waals surface area contributed by atoms with Crippen molar-refractivity contribution in [3.63, 3.8) is 0 Å². The molecule has 0 aromatic heterocycles. The summed E-state index contributed by atoms with van der Waals surface area (Å²) in [4.78, 5) is 0. The van der Waals surface area contributed by atoms with Crippen molar-refractivity contribution in [2.24, 2.45) is 0 Å². The van der Waals surface area contributed by atoms with Crippen molar-refractivity contribution in [2.75, 3.05) is 33.4 Å². The van der Waals surface area contributed by atoms with Crippen molar-refractivity contribution in [3.05, 3.63) is 0 Å². The first kappa shape index (κ1) is 16.0. The van der Waals surface area contributed by atoms with Gasteiger partial charge in [-0.2, -0.15) is 0 Å². The third-order valence-electron chi connectivity index (χ3n) is 2.05. The minimum absolute atomic E-state index is 0.645. The van der Waals surface area contributed by atoms with Crippen molar-refractivity contribution < 1.29 is 13.3 Å². The highest BCUT2D eigenvalue weighted by atomic mass is 28.4. The molecule has 0 aromatic rings. The molecule has 0 fully saturated rings. The highest BCUT2D eigenvalue weighted by molar-refractivity contribution is 6.60. The van der Waals surface area contributed by atoms with Crippen LogP contribution < -0.4 is 10.9 Å². The van der Waals surface area contributed by atoms with Gasteiger partial charge >= 0.3 is 8.80 Å². The van der Waals surface area contributed by atoms with Crippen LogP contribution in [-0.2, 0) is 13.3 Å². The number of nitrogens with one attached hydrogen (secondary N) is 2. The first-order valence-electron chi connectivity index (χ1n) is 6.06. The van der Waals surface area contributed by atoms with Gasteiger partial charge in [0.05, 0.1) is 0 Å². The lowest BCUT2D eigenvalue weighted by atomic mass is 10.5. The Bertz CT molecular complexity index is 144. The Morgan fingerprint density at radius 2 is 1.44 bits per heavy atom. The summed E-state index contributed by atoms with van der Waals surface area (Å²) < 4.78 is 17.2. The molecule has 0 aliphatic carbocycles. The summed E-state index contributed by atoms with van der Waals surface area (Å²) in [6, 6.07) is 0.858. The summed E-state index contributed by atoms with van der Waals surface area (Å²) in [7, 11) is -0.554. The molecule has 0 saturated carbocycles. The molecule has 0 amide bonds. The van der Waals surface area contributed by atoms with Gasteiger partial charge in [0.1, 0.15) is 0 Å². The van der Waals surface area contributed by atoms with Crippen LogP contribution in [0.4, 0.5) is 0 Å². The fourth-order valence-electron chi connectivity index (χ4n) is 1.52. The van der Waals surface area contributed by atoms with E-state index < -0.39 is 8.80 Å². The maximum atomic E-state index is 5.74. The Balaban J connectivity index is 4.12. The van der Waals surface area contributed by atoms with Crippen molar-refractivity contribution >= 4 is 8.80 Å². The lowest BCUT2D eigenvalue weighted by Gasteiger charge is -2.28. The van der Waals surface area contributed by atoms with Gasteiger partial charge in [0.15, 0.2) is 0 Å². The molecule has 5 nitrogen and oxygen atoms in total. The summed E-state index contributed by atoms with van der Waals surface area (Å²) in [5.74, 6) is 0. The molecule has 0 saturated heterocycles. The van der Waals surface area contributed by atoms with Gasteiger partial charge in [-0.05, 0) is 34.2 Å². The fourth-order valence-corrected chi connectivity index (χ4v) is 4.13. The topological polar surface area (TPSA) is 51.8 Å². The Morgan fingerprint density at radius 3 is 1.81 bits per heavy atom. The van der Waals surface area contributed by atoms with E-state index in [9.17, 15) is 0 Å². The van der Waals surface area contributed by atoms with E-state index in [1.54, 1.807) is 0 Å². The summed E-state index contributed by atoms with van der Waals surface area (Å²) in [6.45, 7) is 8.75. The molecule has 0 aliphatic rings. The maximum Gasteiger partial charge on any atom is 0.500 e. The normalized spacial score (nSPS) is 12.0. The van der Waals surface area contributed by atoms with Crippen molar-refractivity contribution in [1.82, 2.24) is 10.9 Å². The van der Waals surface area contributed by atoms with Crippen LogP contribution in [0.3, 0.4) is 0 Å². The molecular formula is C10H26N2O3Si. The number of hydrogen-bond acceptors (Lipinski definition) is 5. The van der Waals surface area contributed by atoms with Crippen molar-refractivity contribution in [3.8, 4) is 0 Å². The van der Waals surface area contributed by atoms with Gasteiger partial charge < -0.3 is 13.3 Å². The smallest absolute Gasteiger partial charge is 0.374 e. The van der Waals surface area contributed by atoms with Crippen molar-refractivity contribution in [1.29, 1.82) is 0 Å². The van der Waals surface area contributed by atoms with Crippen LogP contribution in [-0.4, -0.2) is 42.2 Å². The second kappa shape index (κ2) is 10.2. The molecule has 0 unspecified atom stereocenters. The fraction of sp³-hybridized carbons (Fsp3) is 1.00. The molecule has 0 rings (SSSR count). The van der Waals surface area contributed by atoms with Gasteiger partial charge in [-0.3, -0.25) is 10.9 Å². The van der Waals surface area contributed by atoms with Crippen molar-refractivity contribution in [2.45, 2.75) is 33.2 Å². The molecule has 16 heavy (non-hydrogen) atoms. The van der Waals surface area contributed by atoms with E-state index in [4.69, 9.17) is 13.3 Å². The largest absolute Gasteiger partial charge is 0.500 e. The van der Waals surface area contributed by atoms with E-state index >= 15 is 0 Å². The summed E-state index contributed by atoms with van der Waals surface area (Å²) in [5, 5.41) is 0. The Morgan fingerprint density at radius 1 is 0.938 bits per heavy atom. The standard InChI is InChI=1S/C10H26N2O3Si/c1-5-13-16(14-6-2,15-7-3)10-8-9-12-11-4/h11-12H,5-10H2,1-4H3. The Kier molecular flexibility index (Phi) is 10.2. The zero-order chi connectivity index (χ0) is 12.3. The van der Waals surface area contributed by atoms with Crippen LogP contribution in [0.15, 0.2) is 0 Å². The third kappa shape index (κ3) is 6.57. The van der Waals surface area contributed by atoms with E-state index in [1.165, 1.54) is 0 Å². The highest BCUT2D eigenvalue weighted by Gasteiger charge is 2.39. The number of rotatable bonds is 11. The predicted octanol–water partition coefficient (Wildman–Crippen LogP) is 1.15. The van der Waals surface area contributed by atoms with Gasteiger partial charge in [-0.25, -0.2) is 0 Å². The molecule has 0 aliphatic heterocycles. The maximum absolute atomic E-state index is 5.74. The van der Waals surface area contributed by atoms with Gasteiger partial charge in [-0.1, -0.05) is 0 Å². The average Bonchev–Trinajstić information content (AvgIpc) is 2.26. The van der Waals surface area contributed by atoms with Gasteiger partial charge in [0, 0.05) is 32.4 Å². The number of hydrogen-bond donors (Lipinski definition) is 2.